The van der Waals surface area contributed by atoms with Crippen molar-refractivity contribution in [2.45, 2.75) is 51.1 Å². The molecule has 6 heteroatoms. The van der Waals surface area contributed by atoms with Gasteiger partial charge in [-0.05, 0) is 44.7 Å². The number of ether oxygens (including phenoxy) is 1. The SMILES string of the molecule is COc1cccc(NC(=O)CN2C(=O)C(c3ccc(C)cc3)=NC23CCCCCC3)c1. The Labute approximate surface area is 183 Å². The number of rotatable bonds is 5. The predicted octanol–water partition coefficient (Wildman–Crippen LogP) is 4.32. The van der Waals surface area contributed by atoms with Gasteiger partial charge in [0.2, 0.25) is 5.91 Å². The highest BCUT2D eigenvalue weighted by atomic mass is 16.5. The van der Waals surface area contributed by atoms with Gasteiger partial charge in [0.1, 0.15) is 23.7 Å². The van der Waals surface area contributed by atoms with Gasteiger partial charge in [0.15, 0.2) is 0 Å². The number of aliphatic imine (C=N–C) groups is 1. The average molecular weight is 420 g/mol. The summed E-state index contributed by atoms with van der Waals surface area (Å²) in [4.78, 5) is 33.1. The molecule has 2 aromatic rings. The van der Waals surface area contributed by atoms with Crippen LogP contribution in [0.1, 0.15) is 49.7 Å². The Balaban J connectivity index is 1.59. The Hall–Kier alpha value is -3.15. The van der Waals surface area contributed by atoms with Gasteiger partial charge in [0, 0.05) is 17.3 Å². The van der Waals surface area contributed by atoms with Crippen molar-refractivity contribution in [2.24, 2.45) is 4.99 Å². The lowest BCUT2D eigenvalue weighted by Gasteiger charge is -2.35. The van der Waals surface area contributed by atoms with Crippen molar-refractivity contribution in [1.29, 1.82) is 0 Å². The summed E-state index contributed by atoms with van der Waals surface area (Å²) in [7, 11) is 1.59. The van der Waals surface area contributed by atoms with Crippen molar-refractivity contribution < 1.29 is 14.3 Å². The minimum absolute atomic E-state index is 0.0189. The van der Waals surface area contributed by atoms with Crippen LogP contribution in [0.3, 0.4) is 0 Å². The van der Waals surface area contributed by atoms with E-state index >= 15 is 0 Å². The first-order chi connectivity index (χ1) is 15.0. The molecule has 0 aromatic heterocycles. The summed E-state index contributed by atoms with van der Waals surface area (Å²) < 4.78 is 5.23. The van der Waals surface area contributed by atoms with Crippen LogP contribution in [0.25, 0.3) is 0 Å². The molecular formula is C25H29N3O3. The van der Waals surface area contributed by atoms with E-state index in [4.69, 9.17) is 9.73 Å². The lowest BCUT2D eigenvalue weighted by Crippen LogP contribution is -2.50. The summed E-state index contributed by atoms with van der Waals surface area (Å²) >= 11 is 0. The van der Waals surface area contributed by atoms with Gasteiger partial charge in [-0.2, -0.15) is 0 Å². The average Bonchev–Trinajstić information content (AvgIpc) is 2.92. The molecule has 1 spiro atoms. The highest BCUT2D eigenvalue weighted by Crippen LogP contribution is 2.38. The number of nitrogens with zero attached hydrogens (tertiary/aromatic N) is 2. The van der Waals surface area contributed by atoms with E-state index in [-0.39, 0.29) is 18.4 Å². The molecule has 2 amide bonds. The quantitative estimate of drug-likeness (QED) is 0.784. The summed E-state index contributed by atoms with van der Waals surface area (Å²) in [6.07, 6.45) is 5.86. The Morgan fingerprint density at radius 3 is 2.48 bits per heavy atom. The zero-order chi connectivity index (χ0) is 21.8. The molecule has 1 aliphatic carbocycles. The number of hydrogen-bond donors (Lipinski definition) is 1. The number of benzene rings is 2. The summed E-state index contributed by atoms with van der Waals surface area (Å²) in [5, 5.41) is 2.90. The van der Waals surface area contributed by atoms with E-state index in [2.05, 4.69) is 5.32 Å². The van der Waals surface area contributed by atoms with E-state index in [1.54, 1.807) is 18.1 Å². The molecule has 0 bridgehead atoms. The minimum Gasteiger partial charge on any atom is -0.497 e. The molecular weight excluding hydrogens is 390 g/mol. The fraction of sp³-hybridized carbons (Fsp3) is 0.400. The Morgan fingerprint density at radius 1 is 1.10 bits per heavy atom. The van der Waals surface area contributed by atoms with Gasteiger partial charge in [-0.15, -0.1) is 0 Å². The normalized spacial score (nSPS) is 17.9. The Kier molecular flexibility index (Phi) is 6.07. The molecule has 2 aliphatic rings. The first-order valence-corrected chi connectivity index (χ1v) is 10.9. The van der Waals surface area contributed by atoms with E-state index in [0.29, 0.717) is 17.1 Å². The molecule has 2 aromatic carbocycles. The van der Waals surface area contributed by atoms with Crippen molar-refractivity contribution in [3.05, 3.63) is 59.7 Å². The first-order valence-electron chi connectivity index (χ1n) is 10.9. The van der Waals surface area contributed by atoms with Crippen molar-refractivity contribution in [3.8, 4) is 5.75 Å². The highest BCUT2D eigenvalue weighted by molar-refractivity contribution is 6.47. The number of hydrogen-bond acceptors (Lipinski definition) is 4. The third-order valence-corrected chi connectivity index (χ3v) is 6.15. The maximum absolute atomic E-state index is 13.5. The van der Waals surface area contributed by atoms with Crippen LogP contribution in [-0.4, -0.2) is 41.7 Å². The Morgan fingerprint density at radius 2 is 1.81 bits per heavy atom. The number of carbonyl (C=O) groups excluding carboxylic acids is 2. The van der Waals surface area contributed by atoms with Gasteiger partial charge < -0.3 is 15.0 Å². The van der Waals surface area contributed by atoms with Gasteiger partial charge in [-0.3, -0.25) is 14.6 Å². The van der Waals surface area contributed by atoms with E-state index in [1.807, 2.05) is 49.4 Å². The molecule has 162 valence electrons. The molecule has 1 fully saturated rings. The van der Waals surface area contributed by atoms with Gasteiger partial charge in [-0.25, -0.2) is 0 Å². The first kappa shape index (κ1) is 21.1. The molecule has 4 rings (SSSR count). The molecule has 31 heavy (non-hydrogen) atoms. The molecule has 0 atom stereocenters. The lowest BCUT2D eigenvalue weighted by molar-refractivity contribution is -0.133. The largest absolute Gasteiger partial charge is 0.497 e. The number of methoxy groups -OCH3 is 1. The summed E-state index contributed by atoms with van der Waals surface area (Å²) in [5.74, 6) is 0.275. The molecule has 6 nitrogen and oxygen atoms in total. The molecule has 1 heterocycles. The zero-order valence-corrected chi connectivity index (χ0v) is 18.2. The van der Waals surface area contributed by atoms with Crippen LogP contribution >= 0.6 is 0 Å². The van der Waals surface area contributed by atoms with Crippen LogP contribution in [0, 0.1) is 6.92 Å². The van der Waals surface area contributed by atoms with E-state index in [9.17, 15) is 9.59 Å². The fourth-order valence-corrected chi connectivity index (χ4v) is 4.47. The van der Waals surface area contributed by atoms with Crippen LogP contribution in [0.4, 0.5) is 5.69 Å². The second-order valence-electron chi connectivity index (χ2n) is 8.39. The Bertz CT molecular complexity index is 989. The van der Waals surface area contributed by atoms with Crippen molar-refractivity contribution in [1.82, 2.24) is 4.90 Å². The van der Waals surface area contributed by atoms with E-state index in [0.717, 1.165) is 49.7 Å². The maximum atomic E-state index is 13.5. The molecule has 0 unspecified atom stereocenters. The molecule has 1 aliphatic heterocycles. The second-order valence-corrected chi connectivity index (χ2v) is 8.39. The number of amides is 2. The van der Waals surface area contributed by atoms with Crippen LogP contribution in [0.2, 0.25) is 0 Å². The van der Waals surface area contributed by atoms with Crippen molar-refractivity contribution in [3.63, 3.8) is 0 Å². The van der Waals surface area contributed by atoms with Gasteiger partial charge in [-0.1, -0.05) is 48.7 Å². The third-order valence-electron chi connectivity index (χ3n) is 6.15. The zero-order valence-electron chi connectivity index (χ0n) is 18.2. The van der Waals surface area contributed by atoms with E-state index in [1.165, 1.54) is 0 Å². The maximum Gasteiger partial charge on any atom is 0.275 e. The molecule has 0 radical (unpaired) electrons. The second kappa shape index (κ2) is 8.92. The minimum atomic E-state index is -0.625. The number of aryl methyl sites for hydroxylation is 1. The highest BCUT2D eigenvalue weighted by Gasteiger charge is 2.47. The van der Waals surface area contributed by atoms with Crippen molar-refractivity contribution >= 4 is 23.2 Å². The standard InChI is InChI=1S/C25H29N3O3/c1-18-10-12-19(13-11-18)23-24(30)28(25(27-23)14-5-3-4-6-15-25)17-22(29)26-20-8-7-9-21(16-20)31-2/h7-13,16H,3-6,14-15,17H2,1-2H3,(H,26,29). The van der Waals surface area contributed by atoms with Gasteiger partial charge in [0.25, 0.3) is 5.91 Å². The van der Waals surface area contributed by atoms with E-state index < -0.39 is 5.66 Å². The third kappa shape index (κ3) is 4.48. The topological polar surface area (TPSA) is 71.0 Å². The summed E-state index contributed by atoms with van der Waals surface area (Å²) in [5.41, 5.74) is 2.43. The molecule has 0 saturated heterocycles. The number of carbonyl (C=O) groups is 2. The molecule has 1 saturated carbocycles. The van der Waals surface area contributed by atoms with Gasteiger partial charge >= 0.3 is 0 Å². The number of anilines is 1. The summed E-state index contributed by atoms with van der Waals surface area (Å²) in [6, 6.07) is 15.1. The van der Waals surface area contributed by atoms with Crippen LogP contribution in [0.15, 0.2) is 53.5 Å². The fourth-order valence-electron chi connectivity index (χ4n) is 4.47. The summed E-state index contributed by atoms with van der Waals surface area (Å²) in [6.45, 7) is 2.00. The molecule has 1 N–H and O–H groups in total. The predicted molar refractivity (Wildman–Crippen MR) is 121 cm³/mol. The smallest absolute Gasteiger partial charge is 0.275 e. The monoisotopic (exact) mass is 419 g/mol. The van der Waals surface area contributed by atoms with Crippen LogP contribution in [-0.2, 0) is 9.59 Å². The van der Waals surface area contributed by atoms with Crippen molar-refractivity contribution in [2.75, 3.05) is 19.0 Å². The van der Waals surface area contributed by atoms with Crippen LogP contribution in [0.5, 0.6) is 5.75 Å². The van der Waals surface area contributed by atoms with Crippen LogP contribution < -0.4 is 10.1 Å². The number of nitrogens with one attached hydrogen (secondary N) is 1. The lowest BCUT2D eigenvalue weighted by atomic mass is 10.00. The van der Waals surface area contributed by atoms with Gasteiger partial charge in [0.05, 0.1) is 7.11 Å².